The van der Waals surface area contributed by atoms with Crippen LogP contribution in [0.1, 0.15) is 0 Å². The highest BCUT2D eigenvalue weighted by atomic mass is 35.5. The molecule has 0 aliphatic heterocycles. The Morgan fingerprint density at radius 3 is 2.64 bits per heavy atom. The number of carbonyl (C=O) groups is 1. The van der Waals surface area contributed by atoms with Crippen molar-refractivity contribution in [2.45, 2.75) is 0 Å². The van der Waals surface area contributed by atoms with Gasteiger partial charge in [-0.15, -0.1) is 0 Å². The Bertz CT molecular complexity index is 900. The number of carbonyl (C=O) groups excluding carboxylic acids is 1. The van der Waals surface area contributed by atoms with E-state index in [0.717, 1.165) is 0 Å². The third kappa shape index (κ3) is 4.42. The van der Waals surface area contributed by atoms with Crippen LogP contribution in [0.2, 0.25) is 15.1 Å². The fourth-order valence-electron chi connectivity index (χ4n) is 2.06. The average molecular weight is 398 g/mol. The van der Waals surface area contributed by atoms with Crippen molar-refractivity contribution in [1.82, 2.24) is 14.8 Å². The second kappa shape index (κ2) is 7.74. The molecule has 0 atom stereocenters. The standard InChI is InChI=1S/C16H11Cl3N4O2/c17-10-2-4-14(23-9-20-8-21-23)13(5-10)22-16(24)7-25-15-6-11(18)1-3-12(15)19/h1-6,8-9H,7H2,(H,22,24). The smallest absolute Gasteiger partial charge is 0.262 e. The van der Waals surface area contributed by atoms with E-state index in [9.17, 15) is 4.79 Å². The number of nitrogens with zero attached hydrogens (tertiary/aromatic N) is 3. The molecular formula is C16H11Cl3N4O2. The zero-order chi connectivity index (χ0) is 17.8. The molecule has 3 rings (SSSR count). The average Bonchev–Trinajstić information content (AvgIpc) is 3.10. The van der Waals surface area contributed by atoms with Crippen molar-refractivity contribution in [2.24, 2.45) is 0 Å². The molecule has 0 aliphatic rings. The van der Waals surface area contributed by atoms with Crippen LogP contribution in [-0.4, -0.2) is 27.3 Å². The molecule has 2 aromatic carbocycles. The maximum Gasteiger partial charge on any atom is 0.262 e. The molecule has 0 unspecified atom stereocenters. The molecule has 25 heavy (non-hydrogen) atoms. The molecular weight excluding hydrogens is 387 g/mol. The number of amides is 1. The summed E-state index contributed by atoms with van der Waals surface area (Å²) in [7, 11) is 0. The Morgan fingerprint density at radius 2 is 1.88 bits per heavy atom. The molecule has 9 heteroatoms. The first-order valence-corrected chi connectivity index (χ1v) is 8.18. The van der Waals surface area contributed by atoms with E-state index in [1.165, 1.54) is 23.4 Å². The quantitative estimate of drug-likeness (QED) is 0.699. The van der Waals surface area contributed by atoms with Crippen molar-refractivity contribution in [3.05, 3.63) is 64.1 Å². The summed E-state index contributed by atoms with van der Waals surface area (Å²) in [4.78, 5) is 16.1. The summed E-state index contributed by atoms with van der Waals surface area (Å²) in [6.45, 7) is -0.247. The molecule has 0 aliphatic carbocycles. The Kier molecular flexibility index (Phi) is 5.43. The summed E-state index contributed by atoms with van der Waals surface area (Å²) in [5.74, 6) is -0.0633. The summed E-state index contributed by atoms with van der Waals surface area (Å²) < 4.78 is 6.93. The van der Waals surface area contributed by atoms with E-state index in [-0.39, 0.29) is 12.5 Å². The molecule has 1 aromatic heterocycles. The Morgan fingerprint density at radius 1 is 1.12 bits per heavy atom. The van der Waals surface area contributed by atoms with Gasteiger partial charge in [0, 0.05) is 16.1 Å². The Balaban J connectivity index is 1.73. The lowest BCUT2D eigenvalue weighted by molar-refractivity contribution is -0.118. The van der Waals surface area contributed by atoms with Crippen LogP contribution in [-0.2, 0) is 4.79 Å². The third-order valence-corrected chi connectivity index (χ3v) is 3.93. The molecule has 128 valence electrons. The number of benzene rings is 2. The number of ether oxygens (including phenoxy) is 1. The van der Waals surface area contributed by atoms with E-state index in [0.29, 0.717) is 32.2 Å². The second-order valence-corrected chi connectivity index (χ2v) is 6.19. The van der Waals surface area contributed by atoms with Crippen molar-refractivity contribution in [2.75, 3.05) is 11.9 Å². The van der Waals surface area contributed by atoms with Gasteiger partial charge in [0.25, 0.3) is 5.91 Å². The number of aromatic nitrogens is 3. The van der Waals surface area contributed by atoms with Gasteiger partial charge in [-0.25, -0.2) is 9.67 Å². The van der Waals surface area contributed by atoms with Crippen molar-refractivity contribution < 1.29 is 9.53 Å². The SMILES string of the molecule is O=C(COc1cc(Cl)ccc1Cl)Nc1cc(Cl)ccc1-n1cncn1. The van der Waals surface area contributed by atoms with Crippen molar-refractivity contribution in [3.8, 4) is 11.4 Å². The van der Waals surface area contributed by atoms with Gasteiger partial charge in [0.1, 0.15) is 18.4 Å². The van der Waals surface area contributed by atoms with E-state index in [1.807, 2.05) is 0 Å². The fourth-order valence-corrected chi connectivity index (χ4v) is 2.56. The first-order chi connectivity index (χ1) is 12.0. The third-order valence-electron chi connectivity index (χ3n) is 3.15. The molecule has 0 saturated heterocycles. The van der Waals surface area contributed by atoms with Gasteiger partial charge >= 0.3 is 0 Å². The Hall–Kier alpha value is -2.28. The summed E-state index contributed by atoms with van der Waals surface area (Å²) >= 11 is 17.9. The summed E-state index contributed by atoms with van der Waals surface area (Å²) in [6.07, 6.45) is 2.91. The minimum Gasteiger partial charge on any atom is -0.482 e. The molecule has 1 heterocycles. The number of anilines is 1. The number of nitrogens with one attached hydrogen (secondary N) is 1. The zero-order valence-corrected chi connectivity index (χ0v) is 14.9. The predicted octanol–water partition coefficient (Wildman–Crippen LogP) is 4.25. The van der Waals surface area contributed by atoms with E-state index < -0.39 is 0 Å². The van der Waals surface area contributed by atoms with Crippen molar-refractivity contribution >= 4 is 46.4 Å². The highest BCUT2D eigenvalue weighted by molar-refractivity contribution is 6.34. The monoisotopic (exact) mass is 396 g/mol. The van der Waals surface area contributed by atoms with Gasteiger partial charge in [0.2, 0.25) is 0 Å². The number of rotatable bonds is 5. The van der Waals surface area contributed by atoms with Crippen LogP contribution < -0.4 is 10.1 Å². The highest BCUT2D eigenvalue weighted by Crippen LogP contribution is 2.28. The minimum atomic E-state index is -0.389. The number of halogens is 3. The zero-order valence-electron chi connectivity index (χ0n) is 12.6. The first-order valence-electron chi connectivity index (χ1n) is 7.05. The van der Waals surface area contributed by atoms with E-state index in [2.05, 4.69) is 15.4 Å². The molecule has 3 aromatic rings. The normalized spacial score (nSPS) is 10.5. The van der Waals surface area contributed by atoms with Crippen LogP contribution in [0.25, 0.3) is 5.69 Å². The lowest BCUT2D eigenvalue weighted by Gasteiger charge is -2.12. The minimum absolute atomic E-state index is 0.247. The van der Waals surface area contributed by atoms with Gasteiger partial charge in [0.05, 0.1) is 16.4 Å². The summed E-state index contributed by atoms with van der Waals surface area (Å²) in [6, 6.07) is 9.79. The molecule has 0 saturated carbocycles. The molecule has 6 nitrogen and oxygen atoms in total. The first kappa shape index (κ1) is 17.5. The highest BCUT2D eigenvalue weighted by Gasteiger charge is 2.12. The van der Waals surface area contributed by atoms with Gasteiger partial charge in [-0.05, 0) is 30.3 Å². The van der Waals surface area contributed by atoms with Gasteiger partial charge in [-0.3, -0.25) is 4.79 Å². The van der Waals surface area contributed by atoms with Crippen LogP contribution in [0.15, 0.2) is 49.1 Å². The van der Waals surface area contributed by atoms with Crippen molar-refractivity contribution in [1.29, 1.82) is 0 Å². The maximum absolute atomic E-state index is 12.2. The van der Waals surface area contributed by atoms with Gasteiger partial charge in [0.15, 0.2) is 6.61 Å². The van der Waals surface area contributed by atoms with Gasteiger partial charge in [-0.2, -0.15) is 5.10 Å². The molecule has 1 N–H and O–H groups in total. The second-order valence-electron chi connectivity index (χ2n) is 4.91. The fraction of sp³-hybridized carbons (Fsp3) is 0.0625. The topological polar surface area (TPSA) is 69.0 Å². The lowest BCUT2D eigenvalue weighted by Crippen LogP contribution is -2.21. The molecule has 1 amide bonds. The van der Waals surface area contributed by atoms with Gasteiger partial charge < -0.3 is 10.1 Å². The van der Waals surface area contributed by atoms with Crippen LogP contribution in [0.4, 0.5) is 5.69 Å². The molecule has 0 spiro atoms. The molecule has 0 bridgehead atoms. The summed E-state index contributed by atoms with van der Waals surface area (Å²) in [5, 5.41) is 8.07. The summed E-state index contributed by atoms with van der Waals surface area (Å²) in [5.41, 5.74) is 1.10. The number of hydrogen-bond acceptors (Lipinski definition) is 4. The van der Waals surface area contributed by atoms with Crippen LogP contribution in [0.3, 0.4) is 0 Å². The van der Waals surface area contributed by atoms with Crippen LogP contribution in [0.5, 0.6) is 5.75 Å². The van der Waals surface area contributed by atoms with Crippen LogP contribution in [0, 0.1) is 0 Å². The number of hydrogen-bond donors (Lipinski definition) is 1. The van der Waals surface area contributed by atoms with E-state index >= 15 is 0 Å². The van der Waals surface area contributed by atoms with Crippen molar-refractivity contribution in [3.63, 3.8) is 0 Å². The van der Waals surface area contributed by atoms with E-state index in [1.54, 1.807) is 30.3 Å². The van der Waals surface area contributed by atoms with E-state index in [4.69, 9.17) is 39.5 Å². The van der Waals surface area contributed by atoms with Crippen LogP contribution >= 0.6 is 34.8 Å². The Labute approximate surface area is 158 Å². The largest absolute Gasteiger partial charge is 0.482 e. The predicted molar refractivity (Wildman–Crippen MR) is 97.0 cm³/mol. The van der Waals surface area contributed by atoms with Gasteiger partial charge in [-0.1, -0.05) is 34.8 Å². The lowest BCUT2D eigenvalue weighted by atomic mass is 10.2. The molecule has 0 fully saturated rings. The molecule has 0 radical (unpaired) electrons. The maximum atomic E-state index is 12.2.